The summed E-state index contributed by atoms with van der Waals surface area (Å²) in [7, 11) is 0. The molecule has 0 atom stereocenters. The summed E-state index contributed by atoms with van der Waals surface area (Å²) in [6.07, 6.45) is 1.46. The molecule has 33 heavy (non-hydrogen) atoms. The van der Waals surface area contributed by atoms with Crippen molar-refractivity contribution in [2.45, 2.75) is 26.3 Å². The molecule has 0 bridgehead atoms. The minimum absolute atomic E-state index is 0.00272. The van der Waals surface area contributed by atoms with Crippen LogP contribution in [0.15, 0.2) is 51.9 Å². The topological polar surface area (TPSA) is 106 Å². The van der Waals surface area contributed by atoms with Crippen LogP contribution in [0.3, 0.4) is 0 Å². The number of aromatic nitrogens is 4. The van der Waals surface area contributed by atoms with Crippen molar-refractivity contribution in [1.29, 1.82) is 0 Å². The molecule has 0 unspecified atom stereocenters. The Morgan fingerprint density at radius 1 is 1.03 bits per heavy atom. The predicted octanol–water partition coefficient (Wildman–Crippen LogP) is 1.75. The molecule has 0 spiro atoms. The number of fused-ring (bicyclic) bond motifs is 3. The Morgan fingerprint density at radius 2 is 1.76 bits per heavy atom. The van der Waals surface area contributed by atoms with E-state index < -0.39 is 0 Å². The van der Waals surface area contributed by atoms with Gasteiger partial charge in [-0.15, -0.1) is 5.10 Å². The molecule has 5 rings (SSSR count). The van der Waals surface area contributed by atoms with Crippen molar-refractivity contribution < 1.29 is 14.0 Å². The fourth-order valence-corrected chi connectivity index (χ4v) is 4.16. The second kappa shape index (κ2) is 8.19. The van der Waals surface area contributed by atoms with Crippen molar-refractivity contribution in [2.75, 3.05) is 26.2 Å². The molecule has 4 heterocycles. The highest BCUT2D eigenvalue weighted by Gasteiger charge is 2.27. The quantitative estimate of drug-likeness (QED) is 0.471. The van der Waals surface area contributed by atoms with Gasteiger partial charge in [0, 0.05) is 37.5 Å². The molecule has 170 valence electrons. The van der Waals surface area contributed by atoms with Crippen LogP contribution in [0.2, 0.25) is 0 Å². The molecule has 0 aliphatic carbocycles. The van der Waals surface area contributed by atoms with Crippen LogP contribution >= 0.6 is 0 Å². The number of amides is 2. The normalized spacial score (nSPS) is 14.5. The first-order valence-corrected chi connectivity index (χ1v) is 10.9. The standard InChI is InChI=1S/C23H24N6O4/c1-15(2)20-24-17-7-4-3-6-16(17)21-25-28(23(32)29(20)21)14-19(30)26-9-11-27(12-10-26)22(31)18-8-5-13-33-18/h3-8,13,15H,9-12,14H2,1-2H3. The third-order valence-electron chi connectivity index (χ3n) is 5.90. The first-order valence-electron chi connectivity index (χ1n) is 10.9. The summed E-state index contributed by atoms with van der Waals surface area (Å²) in [6.45, 7) is 5.33. The van der Waals surface area contributed by atoms with Crippen molar-refractivity contribution in [3.63, 3.8) is 0 Å². The summed E-state index contributed by atoms with van der Waals surface area (Å²) in [5.41, 5.74) is 0.873. The van der Waals surface area contributed by atoms with Gasteiger partial charge in [0.05, 0.1) is 11.8 Å². The lowest BCUT2D eigenvalue weighted by molar-refractivity contribution is -0.133. The minimum Gasteiger partial charge on any atom is -0.459 e. The molecule has 1 aliphatic rings. The second-order valence-corrected chi connectivity index (χ2v) is 8.39. The number of nitrogens with zero attached hydrogens (tertiary/aromatic N) is 6. The Kier molecular flexibility index (Phi) is 5.20. The Bertz CT molecular complexity index is 1390. The predicted molar refractivity (Wildman–Crippen MR) is 120 cm³/mol. The summed E-state index contributed by atoms with van der Waals surface area (Å²) < 4.78 is 7.88. The molecule has 10 nitrogen and oxygen atoms in total. The van der Waals surface area contributed by atoms with E-state index in [0.29, 0.717) is 37.7 Å². The molecule has 1 aromatic carbocycles. The number of hydrogen-bond acceptors (Lipinski definition) is 6. The molecule has 0 radical (unpaired) electrons. The van der Waals surface area contributed by atoms with E-state index in [0.717, 1.165) is 10.9 Å². The minimum atomic E-state index is -0.382. The van der Waals surface area contributed by atoms with Crippen LogP contribution in [0.25, 0.3) is 16.6 Å². The van der Waals surface area contributed by atoms with E-state index in [4.69, 9.17) is 4.42 Å². The largest absolute Gasteiger partial charge is 0.459 e. The maximum absolute atomic E-state index is 13.2. The van der Waals surface area contributed by atoms with Gasteiger partial charge in [-0.2, -0.15) is 0 Å². The fraction of sp³-hybridized carbons (Fsp3) is 0.348. The van der Waals surface area contributed by atoms with Crippen LogP contribution in [-0.2, 0) is 11.3 Å². The average molecular weight is 448 g/mol. The summed E-state index contributed by atoms with van der Waals surface area (Å²) >= 11 is 0. The number of para-hydroxylation sites is 1. The fourth-order valence-electron chi connectivity index (χ4n) is 4.16. The van der Waals surface area contributed by atoms with E-state index in [9.17, 15) is 14.4 Å². The molecular formula is C23H24N6O4. The molecular weight excluding hydrogens is 424 g/mol. The molecule has 2 amide bonds. The Balaban J connectivity index is 1.37. The summed E-state index contributed by atoms with van der Waals surface area (Å²) in [4.78, 5) is 46.5. The van der Waals surface area contributed by atoms with E-state index >= 15 is 0 Å². The molecule has 3 aromatic heterocycles. The molecule has 10 heteroatoms. The summed E-state index contributed by atoms with van der Waals surface area (Å²) in [5, 5.41) is 5.26. The first kappa shape index (κ1) is 20.9. The third-order valence-corrected chi connectivity index (χ3v) is 5.90. The highest BCUT2D eigenvalue weighted by Crippen LogP contribution is 2.21. The monoisotopic (exact) mass is 448 g/mol. The van der Waals surface area contributed by atoms with E-state index in [-0.39, 0.29) is 35.7 Å². The van der Waals surface area contributed by atoms with E-state index in [1.54, 1.807) is 21.9 Å². The zero-order valence-corrected chi connectivity index (χ0v) is 18.5. The number of carbonyl (C=O) groups excluding carboxylic acids is 2. The van der Waals surface area contributed by atoms with Crippen molar-refractivity contribution >= 4 is 28.4 Å². The number of benzene rings is 1. The van der Waals surface area contributed by atoms with Gasteiger partial charge in [0.1, 0.15) is 12.4 Å². The van der Waals surface area contributed by atoms with Crippen LogP contribution < -0.4 is 5.69 Å². The molecule has 1 saturated heterocycles. The Hall–Kier alpha value is -3.95. The van der Waals surface area contributed by atoms with E-state index in [2.05, 4.69) is 10.1 Å². The Labute approximate surface area is 189 Å². The lowest BCUT2D eigenvalue weighted by atomic mass is 10.2. The lowest BCUT2D eigenvalue weighted by Crippen LogP contribution is -2.51. The van der Waals surface area contributed by atoms with Gasteiger partial charge >= 0.3 is 5.69 Å². The molecule has 1 fully saturated rings. The van der Waals surface area contributed by atoms with Gasteiger partial charge in [-0.1, -0.05) is 26.0 Å². The smallest absolute Gasteiger partial charge is 0.352 e. The zero-order valence-electron chi connectivity index (χ0n) is 18.5. The maximum Gasteiger partial charge on any atom is 0.352 e. The van der Waals surface area contributed by atoms with Crippen molar-refractivity contribution in [3.05, 3.63) is 64.7 Å². The van der Waals surface area contributed by atoms with Crippen LogP contribution in [0.4, 0.5) is 0 Å². The van der Waals surface area contributed by atoms with E-state index in [1.165, 1.54) is 15.3 Å². The molecule has 1 aliphatic heterocycles. The van der Waals surface area contributed by atoms with Crippen LogP contribution in [-0.4, -0.2) is 67.0 Å². The van der Waals surface area contributed by atoms with Gasteiger partial charge in [0.2, 0.25) is 5.91 Å². The highest BCUT2D eigenvalue weighted by atomic mass is 16.3. The van der Waals surface area contributed by atoms with Gasteiger partial charge in [0.15, 0.2) is 11.4 Å². The van der Waals surface area contributed by atoms with Crippen molar-refractivity contribution in [3.8, 4) is 0 Å². The number of piperazine rings is 1. The number of hydrogen-bond donors (Lipinski definition) is 0. The number of furan rings is 1. The van der Waals surface area contributed by atoms with Crippen molar-refractivity contribution in [2.24, 2.45) is 0 Å². The van der Waals surface area contributed by atoms with Gasteiger partial charge in [-0.05, 0) is 24.3 Å². The number of carbonyl (C=O) groups is 2. The highest BCUT2D eigenvalue weighted by molar-refractivity contribution is 5.92. The van der Waals surface area contributed by atoms with Gasteiger partial charge in [-0.25, -0.2) is 18.9 Å². The van der Waals surface area contributed by atoms with E-state index in [1.807, 2.05) is 38.1 Å². The summed E-state index contributed by atoms with van der Waals surface area (Å²) in [6, 6.07) is 10.8. The summed E-state index contributed by atoms with van der Waals surface area (Å²) in [5.74, 6) is 0.492. The van der Waals surface area contributed by atoms with Crippen LogP contribution in [0, 0.1) is 0 Å². The molecule has 0 N–H and O–H groups in total. The van der Waals surface area contributed by atoms with Crippen LogP contribution in [0.5, 0.6) is 0 Å². The molecule has 4 aromatic rings. The zero-order chi connectivity index (χ0) is 23.1. The first-order chi connectivity index (χ1) is 15.9. The number of rotatable bonds is 4. The second-order valence-electron chi connectivity index (χ2n) is 8.39. The van der Waals surface area contributed by atoms with Crippen molar-refractivity contribution in [1.82, 2.24) is 29.0 Å². The van der Waals surface area contributed by atoms with Gasteiger partial charge in [0.25, 0.3) is 5.91 Å². The average Bonchev–Trinajstić information content (AvgIpc) is 3.47. The van der Waals surface area contributed by atoms with Gasteiger partial charge in [-0.3, -0.25) is 9.59 Å². The Morgan fingerprint density at radius 3 is 2.45 bits per heavy atom. The lowest BCUT2D eigenvalue weighted by Gasteiger charge is -2.34. The van der Waals surface area contributed by atoms with Gasteiger partial charge < -0.3 is 14.2 Å². The SMILES string of the molecule is CC(C)c1nc2ccccc2c2nn(CC(=O)N3CCN(C(=O)c4ccco4)CC3)c(=O)n12. The third kappa shape index (κ3) is 3.67. The molecule has 0 saturated carbocycles. The van der Waals surface area contributed by atoms with Crippen LogP contribution in [0.1, 0.15) is 36.1 Å². The maximum atomic E-state index is 13.2.